The van der Waals surface area contributed by atoms with E-state index in [2.05, 4.69) is 19.2 Å². The van der Waals surface area contributed by atoms with Gasteiger partial charge in [0.05, 0.1) is 0 Å². The lowest BCUT2D eigenvalue weighted by atomic mass is 9.95. The van der Waals surface area contributed by atoms with E-state index < -0.39 is 0 Å². The second-order valence-corrected chi connectivity index (χ2v) is 2.95. The SMILES string of the molecule is CC(C)C1(N)C=CC=CN1. The Labute approximate surface area is 61.8 Å². The van der Waals surface area contributed by atoms with Gasteiger partial charge in [-0.2, -0.15) is 0 Å². The Hall–Kier alpha value is -0.760. The van der Waals surface area contributed by atoms with Crippen LogP contribution in [-0.2, 0) is 0 Å². The second kappa shape index (κ2) is 2.46. The zero-order valence-electron chi connectivity index (χ0n) is 6.46. The molecule has 1 unspecified atom stereocenters. The zero-order valence-corrected chi connectivity index (χ0v) is 6.46. The van der Waals surface area contributed by atoms with E-state index in [0.29, 0.717) is 5.92 Å². The summed E-state index contributed by atoms with van der Waals surface area (Å²) in [7, 11) is 0. The molecule has 0 radical (unpaired) electrons. The Morgan fingerprint density at radius 3 is 2.40 bits per heavy atom. The Balaban J connectivity index is 2.70. The quantitative estimate of drug-likeness (QED) is 0.566. The highest BCUT2D eigenvalue weighted by Crippen LogP contribution is 2.14. The highest BCUT2D eigenvalue weighted by molar-refractivity contribution is 5.18. The van der Waals surface area contributed by atoms with Crippen molar-refractivity contribution < 1.29 is 0 Å². The molecule has 0 bridgehead atoms. The van der Waals surface area contributed by atoms with E-state index in [1.807, 2.05) is 24.4 Å². The summed E-state index contributed by atoms with van der Waals surface area (Å²) in [5.41, 5.74) is 5.61. The average molecular weight is 138 g/mol. The van der Waals surface area contributed by atoms with Crippen LogP contribution < -0.4 is 11.1 Å². The largest absolute Gasteiger partial charge is 0.370 e. The number of dihydropyridines is 1. The van der Waals surface area contributed by atoms with Crippen LogP contribution in [0.25, 0.3) is 0 Å². The molecule has 0 aromatic rings. The fourth-order valence-corrected chi connectivity index (χ4v) is 0.870. The van der Waals surface area contributed by atoms with Crippen molar-refractivity contribution >= 4 is 0 Å². The predicted octanol–water partition coefficient (Wildman–Crippen LogP) is 0.971. The van der Waals surface area contributed by atoms with Crippen molar-refractivity contribution in [1.82, 2.24) is 5.32 Å². The minimum absolute atomic E-state index is 0.339. The molecule has 56 valence electrons. The summed E-state index contributed by atoms with van der Waals surface area (Å²) in [6, 6.07) is 0. The smallest absolute Gasteiger partial charge is 0.107 e. The van der Waals surface area contributed by atoms with Crippen LogP contribution in [0.1, 0.15) is 13.8 Å². The van der Waals surface area contributed by atoms with Crippen molar-refractivity contribution in [3.63, 3.8) is 0 Å². The van der Waals surface area contributed by atoms with Gasteiger partial charge in [-0.15, -0.1) is 0 Å². The maximum atomic E-state index is 5.95. The molecule has 0 saturated carbocycles. The molecule has 10 heavy (non-hydrogen) atoms. The molecule has 0 aromatic carbocycles. The molecule has 1 aliphatic rings. The molecule has 0 saturated heterocycles. The topological polar surface area (TPSA) is 38.0 Å². The van der Waals surface area contributed by atoms with E-state index in [-0.39, 0.29) is 5.66 Å². The third kappa shape index (κ3) is 1.21. The van der Waals surface area contributed by atoms with Crippen LogP contribution in [0.5, 0.6) is 0 Å². The lowest BCUT2D eigenvalue weighted by molar-refractivity contribution is 0.343. The highest BCUT2D eigenvalue weighted by atomic mass is 15.1. The number of nitrogens with two attached hydrogens (primary N) is 1. The summed E-state index contributed by atoms with van der Waals surface area (Å²) in [5, 5.41) is 3.11. The zero-order chi connectivity index (χ0) is 7.61. The molecule has 0 aliphatic carbocycles. The van der Waals surface area contributed by atoms with Crippen molar-refractivity contribution in [2.45, 2.75) is 19.5 Å². The molecule has 0 amide bonds. The molecular weight excluding hydrogens is 124 g/mol. The van der Waals surface area contributed by atoms with Gasteiger partial charge in [-0.1, -0.05) is 19.9 Å². The Morgan fingerprint density at radius 1 is 1.40 bits per heavy atom. The molecule has 0 spiro atoms. The molecule has 3 N–H and O–H groups in total. The van der Waals surface area contributed by atoms with Crippen molar-refractivity contribution in [2.24, 2.45) is 11.7 Å². The first kappa shape index (κ1) is 7.35. The van der Waals surface area contributed by atoms with E-state index in [1.54, 1.807) is 0 Å². The van der Waals surface area contributed by atoms with Gasteiger partial charge in [0, 0.05) is 0 Å². The van der Waals surface area contributed by atoms with Crippen LogP contribution in [0.15, 0.2) is 24.4 Å². The second-order valence-electron chi connectivity index (χ2n) is 2.95. The lowest BCUT2D eigenvalue weighted by Gasteiger charge is -2.32. The van der Waals surface area contributed by atoms with Gasteiger partial charge in [0.1, 0.15) is 5.66 Å². The first-order chi connectivity index (χ1) is 4.65. The predicted molar refractivity (Wildman–Crippen MR) is 43.2 cm³/mol. The van der Waals surface area contributed by atoms with Gasteiger partial charge in [-0.3, -0.25) is 0 Å². The summed E-state index contributed by atoms with van der Waals surface area (Å²) in [6.45, 7) is 4.19. The third-order valence-corrected chi connectivity index (χ3v) is 1.87. The maximum Gasteiger partial charge on any atom is 0.107 e. The molecule has 1 aliphatic heterocycles. The number of hydrogen-bond acceptors (Lipinski definition) is 2. The number of allylic oxidation sites excluding steroid dienone is 2. The van der Waals surface area contributed by atoms with Crippen molar-refractivity contribution in [2.75, 3.05) is 0 Å². The van der Waals surface area contributed by atoms with E-state index in [1.165, 1.54) is 0 Å². The van der Waals surface area contributed by atoms with Crippen LogP contribution >= 0.6 is 0 Å². The van der Waals surface area contributed by atoms with Crippen LogP contribution in [0.4, 0.5) is 0 Å². The molecular formula is C8H14N2. The van der Waals surface area contributed by atoms with Crippen molar-refractivity contribution in [3.8, 4) is 0 Å². The van der Waals surface area contributed by atoms with E-state index in [9.17, 15) is 0 Å². The summed E-state index contributed by atoms with van der Waals surface area (Å²) >= 11 is 0. The van der Waals surface area contributed by atoms with Gasteiger partial charge in [0.2, 0.25) is 0 Å². The Morgan fingerprint density at radius 2 is 2.10 bits per heavy atom. The van der Waals surface area contributed by atoms with Gasteiger partial charge >= 0.3 is 0 Å². The number of nitrogens with one attached hydrogen (secondary N) is 1. The molecule has 2 nitrogen and oxygen atoms in total. The highest BCUT2D eigenvalue weighted by Gasteiger charge is 2.24. The first-order valence-electron chi connectivity index (χ1n) is 3.56. The monoisotopic (exact) mass is 138 g/mol. The average Bonchev–Trinajstić information content (AvgIpc) is 1.89. The Bertz CT molecular complexity index is 170. The summed E-state index contributed by atoms with van der Waals surface area (Å²) in [5.74, 6) is 0.411. The van der Waals surface area contributed by atoms with Crippen LogP contribution in [0.2, 0.25) is 0 Å². The van der Waals surface area contributed by atoms with E-state index in [4.69, 9.17) is 5.73 Å². The summed E-state index contributed by atoms with van der Waals surface area (Å²) in [6.07, 6.45) is 7.77. The molecule has 1 heterocycles. The summed E-state index contributed by atoms with van der Waals surface area (Å²) in [4.78, 5) is 0. The van der Waals surface area contributed by atoms with Crippen molar-refractivity contribution in [3.05, 3.63) is 24.4 Å². The third-order valence-electron chi connectivity index (χ3n) is 1.87. The van der Waals surface area contributed by atoms with Gasteiger partial charge in [-0.25, -0.2) is 0 Å². The van der Waals surface area contributed by atoms with Crippen molar-refractivity contribution in [1.29, 1.82) is 0 Å². The van der Waals surface area contributed by atoms with Gasteiger partial charge in [0.15, 0.2) is 0 Å². The lowest BCUT2D eigenvalue weighted by Crippen LogP contribution is -2.54. The van der Waals surface area contributed by atoms with Gasteiger partial charge in [0.25, 0.3) is 0 Å². The van der Waals surface area contributed by atoms with E-state index >= 15 is 0 Å². The standard InChI is InChI=1S/C8H14N2/c1-7(2)8(9)5-3-4-6-10-8/h3-7,10H,9H2,1-2H3. The normalized spacial score (nSPS) is 30.8. The molecule has 1 atom stereocenters. The Kier molecular flexibility index (Phi) is 1.81. The maximum absolute atomic E-state index is 5.95. The molecule has 0 fully saturated rings. The van der Waals surface area contributed by atoms with Gasteiger partial charge in [-0.05, 0) is 24.3 Å². The van der Waals surface area contributed by atoms with Gasteiger partial charge < -0.3 is 11.1 Å². The fraction of sp³-hybridized carbons (Fsp3) is 0.500. The van der Waals surface area contributed by atoms with Crippen LogP contribution in [0.3, 0.4) is 0 Å². The summed E-state index contributed by atoms with van der Waals surface area (Å²) < 4.78 is 0. The number of hydrogen-bond donors (Lipinski definition) is 2. The molecule has 1 rings (SSSR count). The van der Waals surface area contributed by atoms with Crippen LogP contribution in [0, 0.1) is 5.92 Å². The minimum atomic E-state index is -0.339. The minimum Gasteiger partial charge on any atom is -0.370 e. The fourth-order valence-electron chi connectivity index (χ4n) is 0.870. The number of rotatable bonds is 1. The molecule has 2 heteroatoms. The van der Waals surface area contributed by atoms with E-state index in [0.717, 1.165) is 0 Å². The molecule has 0 aromatic heterocycles. The van der Waals surface area contributed by atoms with Crippen LogP contribution in [-0.4, -0.2) is 5.66 Å². The first-order valence-corrected chi connectivity index (χ1v) is 3.56.